The van der Waals surface area contributed by atoms with Crippen molar-refractivity contribution in [2.45, 2.75) is 53.4 Å². The van der Waals surface area contributed by atoms with Gasteiger partial charge in [-0.3, -0.25) is 4.79 Å². The monoisotopic (exact) mass is 270 g/mol. The van der Waals surface area contributed by atoms with Crippen LogP contribution in [0, 0.1) is 0 Å². The predicted octanol–water partition coefficient (Wildman–Crippen LogP) is 5.36. The van der Waals surface area contributed by atoms with Crippen LogP contribution in [0.3, 0.4) is 0 Å². The van der Waals surface area contributed by atoms with Crippen molar-refractivity contribution < 1.29 is 4.79 Å². The lowest BCUT2D eigenvalue weighted by molar-refractivity contribution is -0.114. The van der Waals surface area contributed by atoms with E-state index in [2.05, 4.69) is 37.3 Å². The van der Waals surface area contributed by atoms with Crippen LogP contribution in [0.1, 0.15) is 58.1 Å². The molecule has 1 nitrogen and oxygen atoms in total. The van der Waals surface area contributed by atoms with Crippen molar-refractivity contribution >= 4 is 11.9 Å². The second kappa shape index (κ2) is 8.52. The van der Waals surface area contributed by atoms with Gasteiger partial charge in [0.2, 0.25) is 0 Å². The van der Waals surface area contributed by atoms with E-state index in [0.717, 1.165) is 19.3 Å². The molecule has 0 unspecified atom stereocenters. The van der Waals surface area contributed by atoms with Crippen LogP contribution in [0.15, 0.2) is 41.5 Å². The van der Waals surface area contributed by atoms with Crippen LogP contribution in [0.2, 0.25) is 0 Å². The third kappa shape index (κ3) is 4.19. The summed E-state index contributed by atoms with van der Waals surface area (Å²) in [4.78, 5) is 11.6. The maximum Gasteiger partial charge on any atom is 0.155 e. The van der Waals surface area contributed by atoms with Gasteiger partial charge < -0.3 is 0 Å². The number of hydrogen-bond acceptors (Lipinski definition) is 1. The van der Waals surface area contributed by atoms with Gasteiger partial charge in [-0.15, -0.1) is 0 Å². The molecule has 1 aromatic rings. The Morgan fingerprint density at radius 3 is 2.55 bits per heavy atom. The summed E-state index contributed by atoms with van der Waals surface area (Å²) >= 11 is 0. The molecule has 0 bridgehead atoms. The van der Waals surface area contributed by atoms with Gasteiger partial charge in [0.1, 0.15) is 0 Å². The zero-order chi connectivity index (χ0) is 15.0. The summed E-state index contributed by atoms with van der Waals surface area (Å²) in [6, 6.07) is 8.45. The SMILES string of the molecule is CC.CCCC1=Cc2ccccc2C/C1=C/C(=O)CC. The summed E-state index contributed by atoms with van der Waals surface area (Å²) < 4.78 is 0. The van der Waals surface area contributed by atoms with Crippen LogP contribution in [-0.2, 0) is 11.2 Å². The Labute approximate surface area is 123 Å². The summed E-state index contributed by atoms with van der Waals surface area (Å²) in [6.45, 7) is 8.10. The first-order valence-electron chi connectivity index (χ1n) is 7.76. The molecule has 0 saturated carbocycles. The van der Waals surface area contributed by atoms with Crippen LogP contribution in [-0.4, -0.2) is 5.78 Å². The first kappa shape index (κ1) is 16.4. The molecule has 20 heavy (non-hydrogen) atoms. The molecule has 0 N–H and O–H groups in total. The summed E-state index contributed by atoms with van der Waals surface area (Å²) in [5, 5.41) is 0. The number of rotatable bonds is 4. The maximum absolute atomic E-state index is 11.6. The summed E-state index contributed by atoms with van der Waals surface area (Å²) in [5.41, 5.74) is 5.18. The molecule has 1 aromatic carbocycles. The minimum atomic E-state index is 0.228. The largest absolute Gasteiger partial charge is 0.295 e. The topological polar surface area (TPSA) is 17.1 Å². The van der Waals surface area contributed by atoms with Crippen LogP contribution in [0.4, 0.5) is 0 Å². The lowest BCUT2D eigenvalue weighted by Gasteiger charge is -2.19. The molecule has 1 aliphatic carbocycles. The highest BCUT2D eigenvalue weighted by Crippen LogP contribution is 2.30. The van der Waals surface area contributed by atoms with Gasteiger partial charge in [-0.25, -0.2) is 0 Å². The standard InChI is InChI=1S/C17H20O.C2H6/c1-3-7-13-10-14-8-5-6-9-15(14)11-16(13)12-17(18)4-2;1-2/h5-6,8-10,12H,3-4,7,11H2,1-2H3;1-2H3/b16-12-;. The van der Waals surface area contributed by atoms with Crippen molar-refractivity contribution in [2.75, 3.05) is 0 Å². The molecule has 0 atom stereocenters. The Morgan fingerprint density at radius 1 is 1.20 bits per heavy atom. The molecular formula is C19H26O. The molecule has 0 radical (unpaired) electrons. The van der Waals surface area contributed by atoms with Gasteiger partial charge >= 0.3 is 0 Å². The fourth-order valence-corrected chi connectivity index (χ4v) is 2.38. The number of benzene rings is 1. The highest BCUT2D eigenvalue weighted by Gasteiger charge is 2.15. The molecule has 1 aliphatic rings. The van der Waals surface area contributed by atoms with E-state index in [0.29, 0.717) is 6.42 Å². The molecule has 0 heterocycles. The lowest BCUT2D eigenvalue weighted by Crippen LogP contribution is -2.05. The molecule has 108 valence electrons. The number of carbonyl (C=O) groups is 1. The Bertz CT molecular complexity index is 506. The van der Waals surface area contributed by atoms with Crippen molar-refractivity contribution in [1.29, 1.82) is 0 Å². The van der Waals surface area contributed by atoms with Gasteiger partial charge in [-0.05, 0) is 41.2 Å². The van der Waals surface area contributed by atoms with E-state index in [4.69, 9.17) is 0 Å². The number of ketones is 1. The van der Waals surface area contributed by atoms with Gasteiger partial charge in [0.25, 0.3) is 0 Å². The molecule has 0 spiro atoms. The van der Waals surface area contributed by atoms with E-state index in [-0.39, 0.29) is 5.78 Å². The van der Waals surface area contributed by atoms with Crippen LogP contribution in [0.25, 0.3) is 6.08 Å². The fraction of sp³-hybridized carbons (Fsp3) is 0.421. The van der Waals surface area contributed by atoms with Crippen molar-refractivity contribution in [1.82, 2.24) is 0 Å². The second-order valence-electron chi connectivity index (χ2n) is 4.78. The van der Waals surface area contributed by atoms with Gasteiger partial charge in [0.05, 0.1) is 0 Å². The fourth-order valence-electron chi connectivity index (χ4n) is 2.38. The van der Waals surface area contributed by atoms with Crippen LogP contribution in [0.5, 0.6) is 0 Å². The minimum Gasteiger partial charge on any atom is -0.295 e. The van der Waals surface area contributed by atoms with Crippen molar-refractivity contribution in [3.05, 3.63) is 52.6 Å². The number of carbonyl (C=O) groups excluding carboxylic acids is 1. The minimum absolute atomic E-state index is 0.228. The second-order valence-corrected chi connectivity index (χ2v) is 4.78. The molecule has 0 amide bonds. The zero-order valence-electron chi connectivity index (χ0n) is 13.2. The van der Waals surface area contributed by atoms with Gasteiger partial charge in [-0.2, -0.15) is 0 Å². The third-order valence-electron chi connectivity index (χ3n) is 3.38. The molecule has 0 fully saturated rings. The summed E-state index contributed by atoms with van der Waals surface area (Å²) in [6.07, 6.45) is 7.75. The highest BCUT2D eigenvalue weighted by atomic mass is 16.1. The Kier molecular flexibility index (Phi) is 7.00. The Balaban J connectivity index is 0.000000956. The van der Waals surface area contributed by atoms with Gasteiger partial charge in [0.15, 0.2) is 5.78 Å². The van der Waals surface area contributed by atoms with Gasteiger partial charge in [-0.1, -0.05) is 64.5 Å². The zero-order valence-corrected chi connectivity index (χ0v) is 13.2. The third-order valence-corrected chi connectivity index (χ3v) is 3.38. The highest BCUT2D eigenvalue weighted by molar-refractivity contribution is 5.91. The molecular weight excluding hydrogens is 244 g/mol. The normalized spacial score (nSPS) is 15.0. The van der Waals surface area contributed by atoms with E-state index in [1.54, 1.807) is 0 Å². The number of hydrogen-bond donors (Lipinski definition) is 0. The Hall–Kier alpha value is -1.63. The Morgan fingerprint density at radius 2 is 1.90 bits per heavy atom. The quantitative estimate of drug-likeness (QED) is 0.673. The van der Waals surface area contributed by atoms with Crippen molar-refractivity contribution in [3.63, 3.8) is 0 Å². The van der Waals surface area contributed by atoms with E-state index < -0.39 is 0 Å². The summed E-state index contributed by atoms with van der Waals surface area (Å²) in [5.74, 6) is 0.228. The van der Waals surface area contributed by atoms with Crippen LogP contribution >= 0.6 is 0 Å². The smallest absolute Gasteiger partial charge is 0.155 e. The van der Waals surface area contributed by atoms with Gasteiger partial charge in [0, 0.05) is 6.42 Å². The van der Waals surface area contributed by atoms with E-state index in [9.17, 15) is 4.79 Å². The first-order chi connectivity index (χ1) is 9.74. The van der Waals surface area contributed by atoms with E-state index in [1.165, 1.54) is 22.3 Å². The number of allylic oxidation sites excluding steroid dienone is 3. The van der Waals surface area contributed by atoms with Crippen molar-refractivity contribution in [3.8, 4) is 0 Å². The molecule has 0 aliphatic heterocycles. The van der Waals surface area contributed by atoms with Crippen LogP contribution < -0.4 is 0 Å². The average Bonchev–Trinajstić information content (AvgIpc) is 2.50. The maximum atomic E-state index is 11.6. The van der Waals surface area contributed by atoms with E-state index >= 15 is 0 Å². The molecule has 0 saturated heterocycles. The average molecular weight is 270 g/mol. The molecule has 0 aromatic heterocycles. The predicted molar refractivity (Wildman–Crippen MR) is 87.8 cm³/mol. The number of fused-ring (bicyclic) bond motifs is 1. The first-order valence-corrected chi connectivity index (χ1v) is 7.76. The van der Waals surface area contributed by atoms with E-state index in [1.807, 2.05) is 26.8 Å². The molecule has 1 heteroatoms. The lowest BCUT2D eigenvalue weighted by atomic mass is 9.85. The summed E-state index contributed by atoms with van der Waals surface area (Å²) in [7, 11) is 0. The van der Waals surface area contributed by atoms with Crippen molar-refractivity contribution in [2.24, 2.45) is 0 Å². The molecule has 2 rings (SSSR count).